The number of nitrogens with one attached hydrogen (secondary N) is 1. The van der Waals surface area contributed by atoms with E-state index in [9.17, 15) is 4.79 Å². The van der Waals surface area contributed by atoms with Gasteiger partial charge in [-0.15, -0.1) is 0 Å². The third-order valence-corrected chi connectivity index (χ3v) is 3.48. The molecule has 1 aromatic rings. The van der Waals surface area contributed by atoms with E-state index in [2.05, 4.69) is 17.2 Å². The molecule has 1 aromatic heterocycles. The van der Waals surface area contributed by atoms with Crippen molar-refractivity contribution in [1.82, 2.24) is 4.98 Å². The second kappa shape index (κ2) is 5.17. The number of primary amides is 1. The number of aromatic nitrogens is 1. The second-order valence-electron chi connectivity index (χ2n) is 4.81. The zero-order chi connectivity index (χ0) is 12.3. The number of amides is 1. The first-order valence-electron chi connectivity index (χ1n) is 6.19. The van der Waals surface area contributed by atoms with Crippen LogP contribution in [0.4, 0.5) is 5.69 Å². The molecule has 1 aliphatic carbocycles. The standard InChI is InChI=1S/C13H19N3O/c1-9-4-2-3-5-11(9)16-10-6-7-15-12(8-10)13(14)17/h6-9,11H,2-5H2,1H3,(H2,14,17)(H,15,16). The lowest BCUT2D eigenvalue weighted by Gasteiger charge is -2.30. The van der Waals surface area contributed by atoms with Gasteiger partial charge in [-0.05, 0) is 30.9 Å². The summed E-state index contributed by atoms with van der Waals surface area (Å²) >= 11 is 0. The van der Waals surface area contributed by atoms with E-state index in [1.54, 1.807) is 12.3 Å². The highest BCUT2D eigenvalue weighted by atomic mass is 16.1. The van der Waals surface area contributed by atoms with Crippen LogP contribution in [0.1, 0.15) is 43.1 Å². The van der Waals surface area contributed by atoms with E-state index in [1.165, 1.54) is 25.7 Å². The summed E-state index contributed by atoms with van der Waals surface area (Å²) in [6.07, 6.45) is 6.68. The Morgan fingerprint density at radius 3 is 2.94 bits per heavy atom. The predicted octanol–water partition coefficient (Wildman–Crippen LogP) is 2.17. The van der Waals surface area contributed by atoms with E-state index in [4.69, 9.17) is 5.73 Å². The minimum Gasteiger partial charge on any atom is -0.382 e. The molecule has 17 heavy (non-hydrogen) atoms. The summed E-state index contributed by atoms with van der Waals surface area (Å²) in [4.78, 5) is 15.0. The molecule has 1 aliphatic rings. The van der Waals surface area contributed by atoms with Crippen LogP contribution < -0.4 is 11.1 Å². The lowest BCUT2D eigenvalue weighted by molar-refractivity contribution is 0.0995. The molecule has 1 amide bonds. The van der Waals surface area contributed by atoms with Crippen LogP contribution in [0.5, 0.6) is 0 Å². The quantitative estimate of drug-likeness (QED) is 0.840. The molecule has 2 unspecified atom stereocenters. The van der Waals surface area contributed by atoms with Gasteiger partial charge >= 0.3 is 0 Å². The molecule has 92 valence electrons. The number of carbonyl (C=O) groups is 1. The Bertz CT molecular complexity index is 405. The van der Waals surface area contributed by atoms with Crippen LogP contribution in [0.2, 0.25) is 0 Å². The summed E-state index contributed by atoms with van der Waals surface area (Å²) in [7, 11) is 0. The first-order valence-corrected chi connectivity index (χ1v) is 6.19. The van der Waals surface area contributed by atoms with Crippen LogP contribution in [-0.2, 0) is 0 Å². The average molecular weight is 233 g/mol. The number of anilines is 1. The minimum absolute atomic E-state index is 0.318. The molecule has 4 heteroatoms. The number of hydrogen-bond donors (Lipinski definition) is 2. The average Bonchev–Trinajstić information content (AvgIpc) is 2.32. The van der Waals surface area contributed by atoms with Crippen LogP contribution in [0.3, 0.4) is 0 Å². The highest BCUT2D eigenvalue weighted by Gasteiger charge is 2.21. The molecule has 1 saturated carbocycles. The normalized spacial score (nSPS) is 24.3. The molecular weight excluding hydrogens is 214 g/mol. The summed E-state index contributed by atoms with van der Waals surface area (Å²) in [6, 6.07) is 4.10. The third-order valence-electron chi connectivity index (χ3n) is 3.48. The van der Waals surface area contributed by atoms with Gasteiger partial charge in [0.15, 0.2) is 0 Å². The SMILES string of the molecule is CC1CCCCC1Nc1ccnc(C(N)=O)c1. The second-order valence-corrected chi connectivity index (χ2v) is 4.81. The van der Waals surface area contributed by atoms with Gasteiger partial charge in [-0.1, -0.05) is 19.8 Å². The zero-order valence-electron chi connectivity index (χ0n) is 10.1. The maximum atomic E-state index is 11.0. The molecule has 0 radical (unpaired) electrons. The molecule has 0 aliphatic heterocycles. The van der Waals surface area contributed by atoms with E-state index in [1.807, 2.05) is 6.07 Å². The maximum absolute atomic E-state index is 11.0. The van der Waals surface area contributed by atoms with Gasteiger partial charge in [0.25, 0.3) is 5.91 Å². The lowest BCUT2D eigenvalue weighted by atomic mass is 9.86. The summed E-state index contributed by atoms with van der Waals surface area (Å²) in [5.41, 5.74) is 6.47. The summed E-state index contributed by atoms with van der Waals surface area (Å²) < 4.78 is 0. The molecular formula is C13H19N3O. The van der Waals surface area contributed by atoms with Gasteiger partial charge in [-0.25, -0.2) is 0 Å². The Labute approximate surface area is 102 Å². The monoisotopic (exact) mass is 233 g/mol. The number of carbonyl (C=O) groups excluding carboxylic acids is 1. The van der Waals surface area contributed by atoms with Gasteiger partial charge < -0.3 is 11.1 Å². The fourth-order valence-electron chi connectivity index (χ4n) is 2.40. The van der Waals surface area contributed by atoms with Crippen LogP contribution in [0.15, 0.2) is 18.3 Å². The van der Waals surface area contributed by atoms with Crippen molar-refractivity contribution in [3.8, 4) is 0 Å². The van der Waals surface area contributed by atoms with Gasteiger partial charge in [0, 0.05) is 17.9 Å². The number of nitrogens with two attached hydrogens (primary N) is 1. The van der Waals surface area contributed by atoms with Gasteiger partial charge in [0.1, 0.15) is 5.69 Å². The number of pyridine rings is 1. The Kier molecular flexibility index (Phi) is 3.61. The highest BCUT2D eigenvalue weighted by Crippen LogP contribution is 2.26. The molecule has 0 spiro atoms. The van der Waals surface area contributed by atoms with Crippen LogP contribution >= 0.6 is 0 Å². The van der Waals surface area contributed by atoms with Crippen molar-refractivity contribution in [2.24, 2.45) is 11.7 Å². The smallest absolute Gasteiger partial charge is 0.267 e. The van der Waals surface area contributed by atoms with Crippen molar-refractivity contribution in [3.05, 3.63) is 24.0 Å². The topological polar surface area (TPSA) is 68.0 Å². The fourth-order valence-corrected chi connectivity index (χ4v) is 2.40. The summed E-state index contributed by atoms with van der Waals surface area (Å²) in [6.45, 7) is 2.27. The van der Waals surface area contributed by atoms with Gasteiger partial charge in [0.05, 0.1) is 0 Å². The first-order chi connectivity index (χ1) is 8.16. The van der Waals surface area contributed by atoms with E-state index in [0.717, 1.165) is 5.69 Å². The van der Waals surface area contributed by atoms with Crippen molar-refractivity contribution in [2.75, 3.05) is 5.32 Å². The number of rotatable bonds is 3. The highest BCUT2D eigenvalue weighted by molar-refractivity contribution is 5.91. The predicted molar refractivity (Wildman–Crippen MR) is 67.8 cm³/mol. The van der Waals surface area contributed by atoms with E-state index >= 15 is 0 Å². The summed E-state index contributed by atoms with van der Waals surface area (Å²) in [5.74, 6) is 0.194. The Hall–Kier alpha value is -1.58. The molecule has 0 aromatic carbocycles. The lowest BCUT2D eigenvalue weighted by Crippen LogP contribution is -2.30. The van der Waals surface area contributed by atoms with Crippen molar-refractivity contribution >= 4 is 11.6 Å². The van der Waals surface area contributed by atoms with Crippen LogP contribution in [-0.4, -0.2) is 16.9 Å². The molecule has 2 atom stereocenters. The van der Waals surface area contributed by atoms with Crippen molar-refractivity contribution in [3.63, 3.8) is 0 Å². The molecule has 0 bridgehead atoms. The molecule has 1 fully saturated rings. The number of hydrogen-bond acceptors (Lipinski definition) is 3. The van der Waals surface area contributed by atoms with Crippen molar-refractivity contribution in [1.29, 1.82) is 0 Å². The van der Waals surface area contributed by atoms with Gasteiger partial charge in [-0.3, -0.25) is 9.78 Å². The summed E-state index contributed by atoms with van der Waals surface area (Å²) in [5, 5.41) is 3.48. The molecule has 2 rings (SSSR count). The van der Waals surface area contributed by atoms with Crippen molar-refractivity contribution < 1.29 is 4.79 Å². The van der Waals surface area contributed by atoms with Gasteiger partial charge in [0.2, 0.25) is 0 Å². The molecule has 4 nitrogen and oxygen atoms in total. The maximum Gasteiger partial charge on any atom is 0.267 e. The van der Waals surface area contributed by atoms with Crippen LogP contribution in [0, 0.1) is 5.92 Å². The third kappa shape index (κ3) is 2.96. The minimum atomic E-state index is -0.481. The van der Waals surface area contributed by atoms with Gasteiger partial charge in [-0.2, -0.15) is 0 Å². The largest absolute Gasteiger partial charge is 0.382 e. The van der Waals surface area contributed by atoms with E-state index in [-0.39, 0.29) is 0 Å². The molecule has 0 saturated heterocycles. The zero-order valence-corrected chi connectivity index (χ0v) is 10.1. The first kappa shape index (κ1) is 11.9. The van der Waals surface area contributed by atoms with Crippen molar-refractivity contribution in [2.45, 2.75) is 38.6 Å². The Morgan fingerprint density at radius 1 is 1.47 bits per heavy atom. The van der Waals surface area contributed by atoms with E-state index in [0.29, 0.717) is 17.7 Å². The molecule has 1 heterocycles. The van der Waals surface area contributed by atoms with Crippen LogP contribution in [0.25, 0.3) is 0 Å². The number of nitrogens with zero attached hydrogens (tertiary/aromatic N) is 1. The van der Waals surface area contributed by atoms with E-state index < -0.39 is 5.91 Å². The Balaban J connectivity index is 2.07. The fraction of sp³-hybridized carbons (Fsp3) is 0.538. The Morgan fingerprint density at radius 2 is 2.24 bits per heavy atom. The molecule has 3 N–H and O–H groups in total.